The predicted octanol–water partition coefficient (Wildman–Crippen LogP) is 2.20. The molecule has 4 heteroatoms. The molecule has 0 amide bonds. The fourth-order valence-electron chi connectivity index (χ4n) is 1.06. The van der Waals surface area contributed by atoms with E-state index in [9.17, 15) is 5.11 Å². The van der Waals surface area contributed by atoms with E-state index in [0.717, 1.165) is 5.56 Å². The highest BCUT2D eigenvalue weighted by Crippen LogP contribution is 2.20. The average molecular weight is 177 g/mol. The maximum atomic E-state index is 9.85. The molecule has 0 aliphatic heterocycles. The molecule has 1 rings (SSSR count). The van der Waals surface area contributed by atoms with Gasteiger partial charge >= 0.3 is 0 Å². The van der Waals surface area contributed by atoms with Crippen LogP contribution in [0.1, 0.15) is 12.5 Å². The molecule has 0 heterocycles. The summed E-state index contributed by atoms with van der Waals surface area (Å²) in [6, 6.07) is 9.13. The van der Waals surface area contributed by atoms with Crippen LogP contribution in [-0.4, -0.2) is 11.7 Å². The Morgan fingerprint density at radius 3 is 2.62 bits per heavy atom. The first kappa shape index (κ1) is 9.58. The molecule has 1 aromatic rings. The second kappa shape index (κ2) is 3.94. The van der Waals surface area contributed by atoms with E-state index in [0.29, 0.717) is 0 Å². The molecule has 0 radical (unpaired) electrons. The highest BCUT2D eigenvalue weighted by molar-refractivity contribution is 5.21. The molecule has 0 aromatic heterocycles. The summed E-state index contributed by atoms with van der Waals surface area (Å²) >= 11 is 0. The van der Waals surface area contributed by atoms with Gasteiger partial charge in [0.2, 0.25) is 0 Å². The monoisotopic (exact) mass is 177 g/mol. The van der Waals surface area contributed by atoms with Crippen LogP contribution in [0, 0.1) is 0 Å². The molecule has 0 saturated carbocycles. The maximum absolute atomic E-state index is 9.85. The van der Waals surface area contributed by atoms with Gasteiger partial charge in [-0.15, -0.1) is 0 Å². The van der Waals surface area contributed by atoms with Crippen molar-refractivity contribution in [3.05, 3.63) is 46.3 Å². The Morgan fingerprint density at radius 1 is 1.46 bits per heavy atom. The van der Waals surface area contributed by atoms with Crippen LogP contribution in [0.25, 0.3) is 10.4 Å². The molecule has 1 N–H and O–H groups in total. The molecule has 0 aliphatic rings. The Morgan fingerprint density at radius 2 is 2.08 bits per heavy atom. The molecule has 68 valence electrons. The molecule has 1 atom stereocenters. The van der Waals surface area contributed by atoms with Crippen molar-refractivity contribution in [2.75, 3.05) is 6.54 Å². The van der Waals surface area contributed by atoms with E-state index in [2.05, 4.69) is 10.0 Å². The lowest BCUT2D eigenvalue weighted by Crippen LogP contribution is -2.24. The van der Waals surface area contributed by atoms with Crippen LogP contribution in [0.3, 0.4) is 0 Å². The second-order valence-corrected chi connectivity index (χ2v) is 3.03. The normalized spacial score (nSPS) is 14.3. The van der Waals surface area contributed by atoms with E-state index >= 15 is 0 Å². The topological polar surface area (TPSA) is 69.0 Å². The smallest absolute Gasteiger partial charge is 0.0924 e. The van der Waals surface area contributed by atoms with E-state index in [1.165, 1.54) is 0 Å². The summed E-state index contributed by atoms with van der Waals surface area (Å²) in [5.41, 5.74) is 7.80. The van der Waals surface area contributed by atoms with Crippen molar-refractivity contribution in [3.8, 4) is 0 Å². The standard InChI is InChI=1S/C9H11N3O/c1-9(13,7-11-12-10)8-5-3-2-4-6-8/h2-6,13H,7H2,1H3. The van der Waals surface area contributed by atoms with Gasteiger partial charge in [-0.2, -0.15) is 0 Å². The third-order valence-corrected chi connectivity index (χ3v) is 1.84. The third-order valence-electron chi connectivity index (χ3n) is 1.84. The molecule has 0 aliphatic carbocycles. The number of aliphatic hydroxyl groups is 1. The van der Waals surface area contributed by atoms with E-state index in [4.69, 9.17) is 5.53 Å². The molecular weight excluding hydrogens is 166 g/mol. The minimum Gasteiger partial charge on any atom is -0.385 e. The second-order valence-electron chi connectivity index (χ2n) is 3.03. The summed E-state index contributed by atoms with van der Waals surface area (Å²) < 4.78 is 0. The van der Waals surface area contributed by atoms with Gasteiger partial charge in [0.15, 0.2) is 0 Å². The molecule has 1 unspecified atom stereocenters. The SMILES string of the molecule is CC(O)(CN=[N+]=[N-])c1ccccc1. The molecule has 4 nitrogen and oxygen atoms in total. The fraction of sp³-hybridized carbons (Fsp3) is 0.333. The molecule has 0 saturated heterocycles. The van der Waals surface area contributed by atoms with E-state index < -0.39 is 5.60 Å². The Bertz CT molecular complexity index is 315. The van der Waals surface area contributed by atoms with Crippen molar-refractivity contribution in [2.24, 2.45) is 5.11 Å². The Kier molecular flexibility index (Phi) is 2.90. The predicted molar refractivity (Wildman–Crippen MR) is 50.0 cm³/mol. The van der Waals surface area contributed by atoms with Crippen molar-refractivity contribution < 1.29 is 5.11 Å². The lowest BCUT2D eigenvalue weighted by Gasteiger charge is -2.20. The van der Waals surface area contributed by atoms with Crippen molar-refractivity contribution in [1.29, 1.82) is 0 Å². The minimum absolute atomic E-state index is 0.0491. The van der Waals surface area contributed by atoms with Crippen LogP contribution in [0.4, 0.5) is 0 Å². The fourth-order valence-corrected chi connectivity index (χ4v) is 1.06. The molecule has 1 aromatic carbocycles. The first-order valence-corrected chi connectivity index (χ1v) is 3.95. The Labute approximate surface area is 76.5 Å². The highest BCUT2D eigenvalue weighted by atomic mass is 16.3. The number of hydrogen-bond acceptors (Lipinski definition) is 2. The average Bonchev–Trinajstić information content (AvgIpc) is 2.16. The quantitative estimate of drug-likeness (QED) is 0.429. The van der Waals surface area contributed by atoms with Crippen LogP contribution >= 0.6 is 0 Å². The van der Waals surface area contributed by atoms with Gasteiger partial charge in [0.05, 0.1) is 12.1 Å². The van der Waals surface area contributed by atoms with Crippen LogP contribution in [0.15, 0.2) is 35.4 Å². The summed E-state index contributed by atoms with van der Waals surface area (Å²) in [7, 11) is 0. The number of azide groups is 1. The van der Waals surface area contributed by atoms with Gasteiger partial charge in [0.25, 0.3) is 0 Å². The molecule has 0 spiro atoms. The van der Waals surface area contributed by atoms with Gasteiger partial charge in [-0.05, 0) is 18.0 Å². The van der Waals surface area contributed by atoms with Crippen LogP contribution in [0.5, 0.6) is 0 Å². The van der Waals surface area contributed by atoms with Gasteiger partial charge in [-0.3, -0.25) is 0 Å². The first-order valence-electron chi connectivity index (χ1n) is 3.95. The minimum atomic E-state index is -1.08. The van der Waals surface area contributed by atoms with Crippen LogP contribution in [-0.2, 0) is 5.60 Å². The van der Waals surface area contributed by atoms with Crippen molar-refractivity contribution in [1.82, 2.24) is 0 Å². The first-order chi connectivity index (χ1) is 6.17. The number of nitrogens with zero attached hydrogens (tertiary/aromatic N) is 3. The zero-order valence-electron chi connectivity index (χ0n) is 7.38. The highest BCUT2D eigenvalue weighted by Gasteiger charge is 2.21. The zero-order valence-corrected chi connectivity index (χ0v) is 7.38. The van der Waals surface area contributed by atoms with E-state index in [1.807, 2.05) is 18.2 Å². The summed E-state index contributed by atoms with van der Waals surface area (Å²) in [5.74, 6) is 0. The molecule has 13 heavy (non-hydrogen) atoms. The van der Waals surface area contributed by atoms with E-state index in [-0.39, 0.29) is 6.54 Å². The molecule has 0 fully saturated rings. The van der Waals surface area contributed by atoms with Crippen LogP contribution in [0.2, 0.25) is 0 Å². The van der Waals surface area contributed by atoms with Gasteiger partial charge in [0, 0.05) is 4.91 Å². The molecular formula is C9H11N3O. The van der Waals surface area contributed by atoms with Crippen molar-refractivity contribution in [2.45, 2.75) is 12.5 Å². The third kappa shape index (κ3) is 2.47. The zero-order chi connectivity index (χ0) is 9.73. The van der Waals surface area contributed by atoms with Crippen LogP contribution < -0.4 is 0 Å². The Balaban J connectivity index is 2.87. The lowest BCUT2D eigenvalue weighted by atomic mass is 9.97. The summed E-state index contributed by atoms with van der Waals surface area (Å²) in [4.78, 5) is 2.61. The Hall–Kier alpha value is -1.51. The van der Waals surface area contributed by atoms with Crippen molar-refractivity contribution >= 4 is 0 Å². The van der Waals surface area contributed by atoms with Gasteiger partial charge in [0.1, 0.15) is 0 Å². The summed E-state index contributed by atoms with van der Waals surface area (Å²) in [5, 5.41) is 13.2. The van der Waals surface area contributed by atoms with Crippen molar-refractivity contribution in [3.63, 3.8) is 0 Å². The molecule has 0 bridgehead atoms. The summed E-state index contributed by atoms with van der Waals surface area (Å²) in [6.07, 6.45) is 0. The number of hydrogen-bond donors (Lipinski definition) is 1. The van der Waals surface area contributed by atoms with Gasteiger partial charge in [-0.25, -0.2) is 0 Å². The largest absolute Gasteiger partial charge is 0.385 e. The summed E-state index contributed by atoms with van der Waals surface area (Å²) in [6.45, 7) is 1.67. The van der Waals surface area contributed by atoms with Gasteiger partial charge in [-0.1, -0.05) is 35.4 Å². The lowest BCUT2D eigenvalue weighted by molar-refractivity contribution is 0.0669. The maximum Gasteiger partial charge on any atom is 0.0924 e. The number of benzene rings is 1. The van der Waals surface area contributed by atoms with E-state index in [1.54, 1.807) is 19.1 Å². The number of rotatable bonds is 3. The van der Waals surface area contributed by atoms with Gasteiger partial charge < -0.3 is 5.11 Å².